The molecule has 1 aliphatic heterocycles. The molecular formula is C12H18N4O6S. The van der Waals surface area contributed by atoms with E-state index in [1.807, 2.05) is 0 Å². The first-order valence-electron chi connectivity index (χ1n) is 6.66. The summed E-state index contributed by atoms with van der Waals surface area (Å²) in [6, 6.07) is -1.13. The Bertz CT molecular complexity index is 524. The summed E-state index contributed by atoms with van der Waals surface area (Å²) in [6.45, 7) is 3.63. The van der Waals surface area contributed by atoms with Gasteiger partial charge in [0.1, 0.15) is 30.3 Å². The molecule has 0 saturated carbocycles. The van der Waals surface area contributed by atoms with Gasteiger partial charge < -0.3 is 19.3 Å². The van der Waals surface area contributed by atoms with Gasteiger partial charge in [0.05, 0.1) is 11.1 Å². The molecule has 1 heterocycles. The van der Waals surface area contributed by atoms with E-state index in [9.17, 15) is 14.7 Å². The fourth-order valence-electron chi connectivity index (χ4n) is 2.02. The van der Waals surface area contributed by atoms with Gasteiger partial charge in [-0.05, 0) is 12.5 Å². The second kappa shape index (κ2) is 8.73. The van der Waals surface area contributed by atoms with Crippen LogP contribution in [0.25, 0.3) is 10.4 Å². The van der Waals surface area contributed by atoms with Crippen LogP contribution in [0.1, 0.15) is 20.8 Å². The van der Waals surface area contributed by atoms with Crippen LogP contribution in [-0.4, -0.2) is 58.5 Å². The van der Waals surface area contributed by atoms with Crippen LogP contribution in [-0.2, 0) is 23.8 Å². The molecule has 0 bridgehead atoms. The first-order chi connectivity index (χ1) is 10.8. The van der Waals surface area contributed by atoms with Crippen LogP contribution in [0.3, 0.4) is 0 Å². The normalized spacial score (nSPS) is 30.0. The molecule has 2 unspecified atom stereocenters. The molecule has 1 fully saturated rings. The highest BCUT2D eigenvalue weighted by molar-refractivity contribution is 8.14. The van der Waals surface area contributed by atoms with Gasteiger partial charge in [-0.3, -0.25) is 15.0 Å². The monoisotopic (exact) mass is 346 g/mol. The molecule has 0 aliphatic carbocycles. The Morgan fingerprint density at radius 1 is 1.39 bits per heavy atom. The zero-order valence-electron chi connectivity index (χ0n) is 12.8. The Balaban J connectivity index is 3.06. The van der Waals surface area contributed by atoms with Crippen LogP contribution in [0.4, 0.5) is 0 Å². The maximum atomic E-state index is 11.3. The lowest BCUT2D eigenvalue weighted by atomic mass is 9.98. The van der Waals surface area contributed by atoms with Crippen LogP contribution >= 0.6 is 11.8 Å². The zero-order valence-corrected chi connectivity index (χ0v) is 13.6. The third-order valence-corrected chi connectivity index (χ3v) is 3.84. The predicted octanol–water partition coefficient (Wildman–Crippen LogP) is 0.976. The molecule has 0 amide bonds. The van der Waals surface area contributed by atoms with E-state index < -0.39 is 41.7 Å². The number of hydrogen-bond donors (Lipinski definition) is 2. The average Bonchev–Trinajstić information content (AvgIpc) is 2.43. The zero-order chi connectivity index (χ0) is 17.6. The molecular weight excluding hydrogens is 328 g/mol. The lowest BCUT2D eigenvalue weighted by Gasteiger charge is -2.41. The second-order valence-electron chi connectivity index (χ2n) is 4.78. The van der Waals surface area contributed by atoms with Gasteiger partial charge in [-0.2, -0.15) is 0 Å². The molecule has 1 aliphatic rings. The summed E-state index contributed by atoms with van der Waals surface area (Å²) in [7, 11) is 0. The van der Waals surface area contributed by atoms with Crippen molar-refractivity contribution in [1.29, 1.82) is 5.41 Å². The Kier molecular flexibility index (Phi) is 7.30. The fraction of sp³-hybridized carbons (Fsp3) is 0.750. The standard InChI is InChI=1S/C12H18N4O6S/c1-5(13)23-12-11(21-7(3)18)9(15-16-14)10(19)8(22-12)4-20-6(2)17/h8-13,19H,4H2,1-3H3/t8?,9?,10-,11-,12-/m0/s1. The summed E-state index contributed by atoms with van der Waals surface area (Å²) in [5.41, 5.74) is 7.81. The van der Waals surface area contributed by atoms with E-state index in [0.29, 0.717) is 0 Å². The van der Waals surface area contributed by atoms with Gasteiger partial charge in [-0.15, -0.1) is 0 Å². The number of carbonyl (C=O) groups is 2. The largest absolute Gasteiger partial charge is 0.463 e. The van der Waals surface area contributed by atoms with Crippen molar-refractivity contribution in [2.75, 3.05) is 6.61 Å². The first-order valence-corrected chi connectivity index (χ1v) is 7.54. The Morgan fingerprint density at radius 3 is 2.52 bits per heavy atom. The first kappa shape index (κ1) is 19.2. The molecule has 2 N–H and O–H groups in total. The average molecular weight is 346 g/mol. The number of thioether (sulfide) groups is 1. The Labute approximate surface area is 136 Å². The van der Waals surface area contributed by atoms with Gasteiger partial charge >= 0.3 is 11.9 Å². The van der Waals surface area contributed by atoms with E-state index in [1.54, 1.807) is 0 Å². The molecule has 23 heavy (non-hydrogen) atoms. The number of nitrogens with zero attached hydrogens (tertiary/aromatic N) is 3. The van der Waals surface area contributed by atoms with E-state index in [0.717, 1.165) is 11.8 Å². The number of rotatable bonds is 5. The maximum Gasteiger partial charge on any atom is 0.303 e. The third kappa shape index (κ3) is 5.71. The predicted molar refractivity (Wildman–Crippen MR) is 80.8 cm³/mol. The van der Waals surface area contributed by atoms with Crippen molar-refractivity contribution < 1.29 is 28.9 Å². The fourth-order valence-corrected chi connectivity index (χ4v) is 2.92. The molecule has 128 valence electrons. The summed E-state index contributed by atoms with van der Waals surface area (Å²) < 4.78 is 15.5. The van der Waals surface area contributed by atoms with Gasteiger partial charge in [-0.25, -0.2) is 0 Å². The SMILES string of the molecule is CC(=N)S[C@@H]1OC(COC(C)=O)[C@H](O)C(N=[N+]=[N-])[C@@H]1OC(C)=O. The lowest BCUT2D eigenvalue weighted by Crippen LogP contribution is -2.58. The van der Waals surface area contributed by atoms with Crippen molar-refractivity contribution in [3.63, 3.8) is 0 Å². The van der Waals surface area contributed by atoms with Crippen molar-refractivity contribution in [2.24, 2.45) is 5.11 Å². The molecule has 0 aromatic rings. The minimum absolute atomic E-state index is 0.175. The number of nitrogens with one attached hydrogen (secondary N) is 1. The van der Waals surface area contributed by atoms with Crippen LogP contribution < -0.4 is 0 Å². The summed E-state index contributed by atoms with van der Waals surface area (Å²) in [4.78, 5) is 24.8. The lowest BCUT2D eigenvalue weighted by molar-refractivity contribution is -0.189. The molecule has 1 rings (SSSR count). The second-order valence-corrected chi connectivity index (χ2v) is 6.09. The molecule has 0 radical (unpaired) electrons. The van der Waals surface area contributed by atoms with E-state index in [2.05, 4.69) is 10.0 Å². The summed E-state index contributed by atoms with van der Waals surface area (Å²) in [5, 5.41) is 21.5. The van der Waals surface area contributed by atoms with Gasteiger partial charge in [0.2, 0.25) is 0 Å². The van der Waals surface area contributed by atoms with E-state index in [1.165, 1.54) is 20.8 Å². The van der Waals surface area contributed by atoms with Gasteiger partial charge in [0.25, 0.3) is 0 Å². The number of aliphatic hydroxyl groups excluding tert-OH is 1. The number of aliphatic hydroxyl groups is 1. The smallest absolute Gasteiger partial charge is 0.303 e. The molecule has 11 heteroatoms. The molecule has 0 spiro atoms. The summed E-state index contributed by atoms with van der Waals surface area (Å²) in [6.07, 6.45) is -3.38. The highest BCUT2D eigenvalue weighted by atomic mass is 32.2. The Hall–Kier alpha value is -1.81. The van der Waals surface area contributed by atoms with Crippen LogP contribution in [0.5, 0.6) is 0 Å². The molecule has 1 saturated heterocycles. The van der Waals surface area contributed by atoms with E-state index in [-0.39, 0.29) is 11.7 Å². The number of carbonyl (C=O) groups excluding carboxylic acids is 2. The van der Waals surface area contributed by atoms with Gasteiger partial charge in [-0.1, -0.05) is 16.9 Å². The third-order valence-electron chi connectivity index (χ3n) is 2.88. The van der Waals surface area contributed by atoms with Crippen LogP contribution in [0.2, 0.25) is 0 Å². The van der Waals surface area contributed by atoms with Crippen molar-refractivity contribution in [1.82, 2.24) is 0 Å². The van der Waals surface area contributed by atoms with Crippen molar-refractivity contribution >= 4 is 28.7 Å². The number of esters is 2. The van der Waals surface area contributed by atoms with Crippen molar-refractivity contribution in [2.45, 2.75) is 50.6 Å². The highest BCUT2D eigenvalue weighted by Gasteiger charge is 2.47. The number of azide groups is 1. The highest BCUT2D eigenvalue weighted by Crippen LogP contribution is 2.33. The summed E-state index contributed by atoms with van der Waals surface area (Å²) in [5.74, 6) is -1.20. The summed E-state index contributed by atoms with van der Waals surface area (Å²) >= 11 is 0.944. The van der Waals surface area contributed by atoms with Crippen LogP contribution in [0, 0.1) is 5.41 Å². The molecule has 5 atom stereocenters. The van der Waals surface area contributed by atoms with Crippen LogP contribution in [0.15, 0.2) is 5.11 Å². The topological polar surface area (TPSA) is 155 Å². The molecule has 0 aromatic heterocycles. The Morgan fingerprint density at radius 2 is 2.04 bits per heavy atom. The van der Waals surface area contributed by atoms with Crippen molar-refractivity contribution in [3.8, 4) is 0 Å². The minimum Gasteiger partial charge on any atom is -0.463 e. The van der Waals surface area contributed by atoms with Crippen molar-refractivity contribution in [3.05, 3.63) is 10.4 Å². The maximum absolute atomic E-state index is 11.3. The number of ether oxygens (including phenoxy) is 3. The van der Waals surface area contributed by atoms with Gasteiger partial charge in [0.15, 0.2) is 0 Å². The molecule has 0 aromatic carbocycles. The number of hydrogen-bond acceptors (Lipinski definition) is 9. The van der Waals surface area contributed by atoms with E-state index in [4.69, 9.17) is 25.2 Å². The molecule has 10 nitrogen and oxygen atoms in total. The van der Waals surface area contributed by atoms with Gasteiger partial charge in [0, 0.05) is 18.8 Å². The van der Waals surface area contributed by atoms with E-state index >= 15 is 0 Å². The minimum atomic E-state index is -1.34. The quantitative estimate of drug-likeness (QED) is 0.188.